The highest BCUT2D eigenvalue weighted by Gasteiger charge is 2.22. The van der Waals surface area contributed by atoms with Crippen molar-refractivity contribution in [1.29, 1.82) is 0 Å². The van der Waals surface area contributed by atoms with E-state index in [-0.39, 0.29) is 5.75 Å². The van der Waals surface area contributed by atoms with Crippen molar-refractivity contribution in [3.8, 4) is 11.5 Å². The Balaban J connectivity index is 3.40. The lowest BCUT2D eigenvalue weighted by atomic mass is 9.90. The molecular weight excluding hydrogens is 178 g/mol. The summed E-state index contributed by atoms with van der Waals surface area (Å²) in [5.41, 5.74) is 7.42. The average molecular weight is 195 g/mol. The van der Waals surface area contributed by atoms with Crippen LogP contribution in [0.5, 0.6) is 11.5 Å². The summed E-state index contributed by atoms with van der Waals surface area (Å²) in [5, 5.41) is 9.39. The fourth-order valence-electron chi connectivity index (χ4n) is 1.72. The van der Waals surface area contributed by atoms with Crippen LogP contribution in [-0.2, 0) is 5.54 Å². The molecule has 1 aromatic carbocycles. The monoisotopic (exact) mass is 195 g/mol. The summed E-state index contributed by atoms with van der Waals surface area (Å²) in [4.78, 5) is 0. The van der Waals surface area contributed by atoms with Crippen LogP contribution in [0.15, 0.2) is 12.1 Å². The minimum Gasteiger partial charge on any atom is -0.508 e. The Morgan fingerprint density at radius 3 is 2.36 bits per heavy atom. The second kappa shape index (κ2) is 3.50. The fraction of sp³-hybridized carbons (Fsp3) is 0.455. The van der Waals surface area contributed by atoms with Crippen LogP contribution in [0.3, 0.4) is 0 Å². The summed E-state index contributed by atoms with van der Waals surface area (Å²) in [6.45, 7) is 5.73. The number of aromatic hydroxyl groups is 1. The van der Waals surface area contributed by atoms with E-state index in [4.69, 9.17) is 10.5 Å². The maximum Gasteiger partial charge on any atom is 0.127 e. The minimum absolute atomic E-state index is 0.201. The summed E-state index contributed by atoms with van der Waals surface area (Å²) in [6, 6.07) is 3.27. The van der Waals surface area contributed by atoms with Gasteiger partial charge in [-0.25, -0.2) is 0 Å². The second-order valence-electron chi connectivity index (χ2n) is 4.06. The number of methoxy groups -OCH3 is 1. The first-order valence-corrected chi connectivity index (χ1v) is 4.53. The molecule has 0 aromatic heterocycles. The van der Waals surface area contributed by atoms with Crippen LogP contribution in [0.4, 0.5) is 0 Å². The number of hydrogen-bond acceptors (Lipinski definition) is 3. The number of phenols is 1. The summed E-state index contributed by atoms with van der Waals surface area (Å²) in [5.74, 6) is 0.836. The molecule has 0 fully saturated rings. The fourth-order valence-corrected chi connectivity index (χ4v) is 1.72. The molecule has 0 atom stereocenters. The van der Waals surface area contributed by atoms with E-state index in [0.29, 0.717) is 5.75 Å². The third-order valence-electron chi connectivity index (χ3n) is 2.15. The quantitative estimate of drug-likeness (QED) is 0.757. The SMILES string of the molecule is COc1cc(O)cc(C)c1C(C)(C)N. The van der Waals surface area contributed by atoms with Crippen molar-refractivity contribution in [1.82, 2.24) is 0 Å². The van der Waals surface area contributed by atoms with Gasteiger partial charge in [-0.3, -0.25) is 0 Å². The van der Waals surface area contributed by atoms with Crippen LogP contribution >= 0.6 is 0 Å². The highest BCUT2D eigenvalue weighted by Crippen LogP contribution is 2.34. The minimum atomic E-state index is -0.469. The topological polar surface area (TPSA) is 55.5 Å². The summed E-state index contributed by atoms with van der Waals surface area (Å²) in [7, 11) is 1.57. The van der Waals surface area contributed by atoms with Crippen LogP contribution in [0, 0.1) is 6.92 Å². The van der Waals surface area contributed by atoms with Gasteiger partial charge in [-0.1, -0.05) is 0 Å². The Bertz CT molecular complexity index is 340. The molecule has 0 bridgehead atoms. The van der Waals surface area contributed by atoms with Gasteiger partial charge >= 0.3 is 0 Å². The van der Waals surface area contributed by atoms with Crippen molar-refractivity contribution in [3.05, 3.63) is 23.3 Å². The van der Waals surface area contributed by atoms with Gasteiger partial charge in [-0.15, -0.1) is 0 Å². The number of benzene rings is 1. The van der Waals surface area contributed by atoms with E-state index in [2.05, 4.69) is 0 Å². The molecule has 0 heterocycles. The predicted octanol–water partition coefficient (Wildman–Crippen LogP) is 1.90. The molecule has 0 aliphatic rings. The Kier molecular flexibility index (Phi) is 2.71. The van der Waals surface area contributed by atoms with Gasteiger partial charge in [0, 0.05) is 17.2 Å². The molecule has 3 heteroatoms. The molecule has 0 radical (unpaired) electrons. The molecule has 3 N–H and O–H groups in total. The third-order valence-corrected chi connectivity index (χ3v) is 2.15. The molecule has 0 unspecified atom stereocenters. The Labute approximate surface area is 84.5 Å². The summed E-state index contributed by atoms with van der Waals surface area (Å²) >= 11 is 0. The van der Waals surface area contributed by atoms with E-state index in [9.17, 15) is 5.11 Å². The number of aryl methyl sites for hydroxylation is 1. The van der Waals surface area contributed by atoms with Crippen molar-refractivity contribution in [3.63, 3.8) is 0 Å². The normalized spacial score (nSPS) is 11.5. The zero-order valence-corrected chi connectivity index (χ0v) is 9.09. The molecule has 0 spiro atoms. The first kappa shape index (κ1) is 10.9. The molecule has 0 amide bonds. The van der Waals surface area contributed by atoms with Crippen LogP contribution < -0.4 is 10.5 Å². The first-order valence-electron chi connectivity index (χ1n) is 4.53. The van der Waals surface area contributed by atoms with Crippen LogP contribution in [-0.4, -0.2) is 12.2 Å². The molecule has 0 saturated heterocycles. The lowest BCUT2D eigenvalue weighted by molar-refractivity contribution is 0.387. The van der Waals surface area contributed by atoms with Gasteiger partial charge in [-0.2, -0.15) is 0 Å². The van der Waals surface area contributed by atoms with E-state index in [1.807, 2.05) is 20.8 Å². The summed E-state index contributed by atoms with van der Waals surface area (Å²) < 4.78 is 5.19. The molecule has 0 saturated carbocycles. The molecule has 0 aliphatic heterocycles. The van der Waals surface area contributed by atoms with Gasteiger partial charge in [-0.05, 0) is 32.4 Å². The lowest BCUT2D eigenvalue weighted by Gasteiger charge is -2.24. The molecule has 3 nitrogen and oxygen atoms in total. The van der Waals surface area contributed by atoms with Gasteiger partial charge in [0.15, 0.2) is 0 Å². The number of phenolic OH excluding ortho intramolecular Hbond substituents is 1. The van der Waals surface area contributed by atoms with Gasteiger partial charge in [0.05, 0.1) is 7.11 Å². The highest BCUT2D eigenvalue weighted by atomic mass is 16.5. The van der Waals surface area contributed by atoms with Gasteiger partial charge in [0.25, 0.3) is 0 Å². The molecule has 0 aliphatic carbocycles. The zero-order valence-electron chi connectivity index (χ0n) is 9.09. The molecule has 14 heavy (non-hydrogen) atoms. The van der Waals surface area contributed by atoms with Crippen LogP contribution in [0.25, 0.3) is 0 Å². The maximum atomic E-state index is 9.39. The molecule has 1 rings (SSSR count). The highest BCUT2D eigenvalue weighted by molar-refractivity contribution is 5.48. The Morgan fingerprint density at radius 1 is 1.36 bits per heavy atom. The predicted molar refractivity (Wildman–Crippen MR) is 56.6 cm³/mol. The van der Waals surface area contributed by atoms with Crippen molar-refractivity contribution in [2.24, 2.45) is 5.73 Å². The van der Waals surface area contributed by atoms with Crippen molar-refractivity contribution >= 4 is 0 Å². The smallest absolute Gasteiger partial charge is 0.127 e. The van der Waals surface area contributed by atoms with E-state index in [1.165, 1.54) is 0 Å². The number of rotatable bonds is 2. The van der Waals surface area contributed by atoms with Crippen molar-refractivity contribution in [2.45, 2.75) is 26.3 Å². The van der Waals surface area contributed by atoms with Gasteiger partial charge in [0.2, 0.25) is 0 Å². The van der Waals surface area contributed by atoms with Crippen LogP contribution in [0.1, 0.15) is 25.0 Å². The zero-order chi connectivity index (χ0) is 10.9. The van der Waals surface area contributed by atoms with Gasteiger partial charge < -0.3 is 15.6 Å². The van der Waals surface area contributed by atoms with Crippen LogP contribution in [0.2, 0.25) is 0 Å². The second-order valence-corrected chi connectivity index (χ2v) is 4.06. The average Bonchev–Trinajstić information content (AvgIpc) is 1.99. The number of hydrogen-bond donors (Lipinski definition) is 2. The Morgan fingerprint density at radius 2 is 1.93 bits per heavy atom. The number of ether oxygens (including phenoxy) is 1. The molecule has 78 valence electrons. The van der Waals surface area contributed by atoms with Crippen molar-refractivity contribution in [2.75, 3.05) is 7.11 Å². The molecular formula is C11H17NO2. The largest absolute Gasteiger partial charge is 0.508 e. The maximum absolute atomic E-state index is 9.39. The standard InChI is InChI=1S/C11H17NO2/c1-7-5-8(13)6-9(14-4)10(7)11(2,3)12/h5-6,13H,12H2,1-4H3. The van der Waals surface area contributed by atoms with Crippen molar-refractivity contribution < 1.29 is 9.84 Å². The first-order chi connectivity index (χ1) is 6.36. The third kappa shape index (κ3) is 1.99. The Hall–Kier alpha value is -1.22. The van der Waals surface area contributed by atoms with E-state index in [0.717, 1.165) is 11.1 Å². The van der Waals surface area contributed by atoms with E-state index < -0.39 is 5.54 Å². The van der Waals surface area contributed by atoms with E-state index >= 15 is 0 Å². The molecule has 1 aromatic rings. The van der Waals surface area contributed by atoms with E-state index in [1.54, 1.807) is 19.2 Å². The summed E-state index contributed by atoms with van der Waals surface area (Å²) in [6.07, 6.45) is 0. The number of nitrogens with two attached hydrogens (primary N) is 1. The lowest BCUT2D eigenvalue weighted by Crippen LogP contribution is -2.30. The van der Waals surface area contributed by atoms with Gasteiger partial charge in [0.1, 0.15) is 11.5 Å².